The second-order valence-electron chi connectivity index (χ2n) is 7.50. The third-order valence-corrected chi connectivity index (χ3v) is 5.32. The van der Waals surface area contributed by atoms with Gasteiger partial charge in [-0.05, 0) is 36.8 Å². The fraction of sp³-hybridized carbons (Fsp3) is 0.333. The van der Waals surface area contributed by atoms with E-state index >= 15 is 0 Å². The van der Waals surface area contributed by atoms with Crippen LogP contribution in [0.1, 0.15) is 29.9 Å². The van der Waals surface area contributed by atoms with Crippen LogP contribution in [0, 0.1) is 6.92 Å². The SMILES string of the molecule is COC(=O)[C@]1(C)OC[C@H](c2ccc(OCc3nc(-c4ccccc4)oc3C)cc2)CO1. The van der Waals surface area contributed by atoms with Gasteiger partial charge in [-0.15, -0.1) is 0 Å². The molecule has 2 aromatic carbocycles. The highest BCUT2D eigenvalue weighted by atomic mass is 16.7. The van der Waals surface area contributed by atoms with Crippen LogP contribution in [0.4, 0.5) is 0 Å². The topological polar surface area (TPSA) is 80.0 Å². The van der Waals surface area contributed by atoms with Crippen molar-refractivity contribution in [2.75, 3.05) is 20.3 Å². The second kappa shape index (κ2) is 8.91. The van der Waals surface area contributed by atoms with Crippen molar-refractivity contribution in [1.29, 1.82) is 0 Å². The number of aromatic nitrogens is 1. The Morgan fingerprint density at radius 2 is 1.77 bits per heavy atom. The number of hydrogen-bond donors (Lipinski definition) is 0. The van der Waals surface area contributed by atoms with E-state index in [2.05, 4.69) is 4.98 Å². The van der Waals surface area contributed by atoms with Gasteiger partial charge in [-0.25, -0.2) is 9.78 Å². The maximum atomic E-state index is 11.8. The summed E-state index contributed by atoms with van der Waals surface area (Å²) in [6.07, 6.45) is 0. The lowest BCUT2D eigenvalue weighted by atomic mass is 9.99. The maximum Gasteiger partial charge on any atom is 0.366 e. The van der Waals surface area contributed by atoms with Gasteiger partial charge in [0.2, 0.25) is 5.89 Å². The van der Waals surface area contributed by atoms with E-state index < -0.39 is 11.8 Å². The molecule has 1 fully saturated rings. The Morgan fingerprint density at radius 3 is 2.42 bits per heavy atom. The Bertz CT molecular complexity index is 1020. The molecule has 1 aromatic heterocycles. The van der Waals surface area contributed by atoms with Gasteiger partial charge in [-0.3, -0.25) is 0 Å². The molecule has 0 saturated carbocycles. The highest BCUT2D eigenvalue weighted by molar-refractivity contribution is 5.77. The monoisotopic (exact) mass is 423 g/mol. The molecule has 0 radical (unpaired) electrons. The number of nitrogens with zero attached hydrogens (tertiary/aromatic N) is 1. The van der Waals surface area contributed by atoms with Gasteiger partial charge in [-0.1, -0.05) is 30.3 Å². The van der Waals surface area contributed by atoms with Crippen molar-refractivity contribution in [3.05, 3.63) is 71.6 Å². The Morgan fingerprint density at radius 1 is 1.10 bits per heavy atom. The Labute approximate surface area is 180 Å². The van der Waals surface area contributed by atoms with Crippen LogP contribution in [0.15, 0.2) is 59.0 Å². The molecule has 0 spiro atoms. The van der Waals surface area contributed by atoms with Crippen molar-refractivity contribution in [2.24, 2.45) is 0 Å². The fourth-order valence-corrected chi connectivity index (χ4v) is 3.36. The third kappa shape index (κ3) is 4.62. The quantitative estimate of drug-likeness (QED) is 0.548. The normalized spacial score (nSPS) is 20.9. The van der Waals surface area contributed by atoms with E-state index in [4.69, 9.17) is 23.4 Å². The van der Waals surface area contributed by atoms with Crippen molar-refractivity contribution in [3.8, 4) is 17.2 Å². The Balaban J connectivity index is 1.35. The highest BCUT2D eigenvalue weighted by Crippen LogP contribution is 2.30. The van der Waals surface area contributed by atoms with Gasteiger partial charge >= 0.3 is 5.97 Å². The zero-order valence-corrected chi connectivity index (χ0v) is 17.8. The van der Waals surface area contributed by atoms with E-state index in [1.807, 2.05) is 61.5 Å². The number of carbonyl (C=O) groups excluding carboxylic acids is 1. The molecule has 162 valence electrons. The van der Waals surface area contributed by atoms with E-state index in [-0.39, 0.29) is 5.92 Å². The van der Waals surface area contributed by atoms with Crippen LogP contribution in [0.2, 0.25) is 0 Å². The first-order valence-corrected chi connectivity index (χ1v) is 10.1. The summed E-state index contributed by atoms with van der Waals surface area (Å²) in [6.45, 7) is 4.50. The lowest BCUT2D eigenvalue weighted by Crippen LogP contribution is -2.47. The van der Waals surface area contributed by atoms with Gasteiger partial charge in [0.05, 0.1) is 20.3 Å². The minimum atomic E-state index is -1.34. The molecule has 0 bridgehead atoms. The minimum Gasteiger partial charge on any atom is -0.487 e. The van der Waals surface area contributed by atoms with Crippen molar-refractivity contribution < 1.29 is 28.2 Å². The molecule has 0 unspecified atom stereocenters. The lowest BCUT2D eigenvalue weighted by Gasteiger charge is -2.35. The van der Waals surface area contributed by atoms with E-state index in [9.17, 15) is 4.79 Å². The standard InChI is InChI=1S/C24H25NO6/c1-16-21(25-22(31-16)18-7-5-4-6-8-18)15-28-20-11-9-17(10-12-20)19-13-29-24(2,30-14-19)23(26)27-3/h4-12,19H,13-15H2,1-3H3/t19-,24+. The Kier molecular flexibility index (Phi) is 6.06. The number of oxazole rings is 1. The zero-order chi connectivity index (χ0) is 21.8. The molecular formula is C24H25NO6. The van der Waals surface area contributed by atoms with Gasteiger partial charge in [0.15, 0.2) is 0 Å². The van der Waals surface area contributed by atoms with E-state index in [1.54, 1.807) is 6.92 Å². The van der Waals surface area contributed by atoms with Crippen molar-refractivity contribution in [2.45, 2.75) is 32.2 Å². The van der Waals surface area contributed by atoms with Crippen molar-refractivity contribution >= 4 is 5.97 Å². The largest absolute Gasteiger partial charge is 0.487 e. The summed E-state index contributed by atoms with van der Waals surface area (Å²) in [5.74, 6) is 0.196. The number of carbonyl (C=O) groups is 1. The smallest absolute Gasteiger partial charge is 0.366 e. The molecule has 1 aliphatic heterocycles. The highest BCUT2D eigenvalue weighted by Gasteiger charge is 2.41. The first-order chi connectivity index (χ1) is 15.0. The van der Waals surface area contributed by atoms with Crippen LogP contribution in [0.5, 0.6) is 5.75 Å². The van der Waals surface area contributed by atoms with Gasteiger partial charge in [0, 0.05) is 18.4 Å². The molecule has 2 heterocycles. The number of benzene rings is 2. The minimum absolute atomic E-state index is 0.0259. The van der Waals surface area contributed by atoms with E-state index in [0.717, 1.165) is 28.3 Å². The van der Waals surface area contributed by atoms with Gasteiger partial charge in [0.1, 0.15) is 23.8 Å². The van der Waals surface area contributed by atoms with Crippen LogP contribution in [0.25, 0.3) is 11.5 Å². The summed E-state index contributed by atoms with van der Waals surface area (Å²) < 4.78 is 27.7. The average molecular weight is 423 g/mol. The fourth-order valence-electron chi connectivity index (χ4n) is 3.36. The molecule has 0 N–H and O–H groups in total. The number of esters is 1. The van der Waals surface area contributed by atoms with Crippen LogP contribution >= 0.6 is 0 Å². The first kappa shape index (κ1) is 21.1. The van der Waals surface area contributed by atoms with E-state index in [1.165, 1.54) is 7.11 Å². The second-order valence-corrected chi connectivity index (χ2v) is 7.50. The molecule has 3 aromatic rings. The van der Waals surface area contributed by atoms with Crippen LogP contribution in [0.3, 0.4) is 0 Å². The molecule has 0 aliphatic carbocycles. The predicted octanol–water partition coefficient (Wildman–Crippen LogP) is 4.25. The molecule has 0 atom stereocenters. The van der Waals surface area contributed by atoms with Crippen molar-refractivity contribution in [3.63, 3.8) is 0 Å². The maximum absolute atomic E-state index is 11.8. The van der Waals surface area contributed by atoms with Crippen LogP contribution in [-0.4, -0.2) is 37.1 Å². The third-order valence-electron chi connectivity index (χ3n) is 5.32. The molecular weight excluding hydrogens is 398 g/mol. The molecule has 31 heavy (non-hydrogen) atoms. The van der Waals surface area contributed by atoms with Crippen molar-refractivity contribution in [1.82, 2.24) is 4.98 Å². The summed E-state index contributed by atoms with van der Waals surface area (Å²) in [7, 11) is 1.31. The zero-order valence-electron chi connectivity index (χ0n) is 17.8. The summed E-state index contributed by atoms with van der Waals surface area (Å²) in [5, 5.41) is 0. The van der Waals surface area contributed by atoms with Gasteiger partial charge in [-0.2, -0.15) is 0 Å². The van der Waals surface area contributed by atoms with Gasteiger partial charge in [0.25, 0.3) is 5.79 Å². The summed E-state index contributed by atoms with van der Waals surface area (Å²) in [4.78, 5) is 16.3. The van der Waals surface area contributed by atoms with E-state index in [0.29, 0.717) is 25.7 Å². The molecule has 0 amide bonds. The molecule has 1 saturated heterocycles. The number of aryl methyl sites for hydroxylation is 1. The predicted molar refractivity (Wildman–Crippen MR) is 113 cm³/mol. The lowest BCUT2D eigenvalue weighted by molar-refractivity contribution is -0.264. The number of methoxy groups -OCH3 is 1. The molecule has 7 heteroatoms. The molecule has 7 nitrogen and oxygen atoms in total. The summed E-state index contributed by atoms with van der Waals surface area (Å²) in [6, 6.07) is 17.5. The van der Waals surface area contributed by atoms with Gasteiger partial charge < -0.3 is 23.4 Å². The first-order valence-electron chi connectivity index (χ1n) is 10.1. The summed E-state index contributed by atoms with van der Waals surface area (Å²) in [5.41, 5.74) is 2.74. The average Bonchev–Trinajstić information content (AvgIpc) is 3.19. The molecule has 4 rings (SSSR count). The Hall–Kier alpha value is -3.16. The number of rotatable bonds is 6. The summed E-state index contributed by atoms with van der Waals surface area (Å²) >= 11 is 0. The molecule has 1 aliphatic rings. The van der Waals surface area contributed by atoms with Crippen LogP contribution < -0.4 is 4.74 Å². The van der Waals surface area contributed by atoms with Crippen LogP contribution in [-0.2, 0) is 25.6 Å². The number of ether oxygens (including phenoxy) is 4. The number of hydrogen-bond acceptors (Lipinski definition) is 7.